The van der Waals surface area contributed by atoms with E-state index in [1.165, 1.54) is 0 Å². The van der Waals surface area contributed by atoms with Crippen LogP contribution < -0.4 is 5.01 Å². The molecule has 0 radical (unpaired) electrons. The fourth-order valence-electron chi connectivity index (χ4n) is 6.12. The summed E-state index contributed by atoms with van der Waals surface area (Å²) < 4.78 is 0. The van der Waals surface area contributed by atoms with Gasteiger partial charge in [-0.15, -0.1) is 0 Å². The molecule has 1 heterocycles. The average molecular weight is 342 g/mol. The maximum atomic E-state index is 13.0. The quantitative estimate of drug-likeness (QED) is 0.867. The van der Waals surface area contributed by atoms with Gasteiger partial charge in [0.2, 0.25) is 0 Å². The normalized spacial score (nSPS) is 41.2. The van der Waals surface area contributed by atoms with Crippen molar-refractivity contribution in [2.24, 2.45) is 17.8 Å². The van der Waals surface area contributed by atoms with E-state index in [1.54, 1.807) is 12.1 Å². The molecule has 25 heavy (non-hydrogen) atoms. The zero-order valence-corrected chi connectivity index (χ0v) is 14.9. The molecule has 0 spiro atoms. The number of nitrogens with zero attached hydrogens (tertiary/aromatic N) is 2. The van der Waals surface area contributed by atoms with E-state index in [9.17, 15) is 15.0 Å². The van der Waals surface area contributed by atoms with Gasteiger partial charge in [0.25, 0.3) is 5.91 Å². The van der Waals surface area contributed by atoms with E-state index in [0.29, 0.717) is 23.4 Å². The highest BCUT2D eigenvalue weighted by molar-refractivity contribution is 5.98. The lowest BCUT2D eigenvalue weighted by Gasteiger charge is -2.60. The summed E-state index contributed by atoms with van der Waals surface area (Å²) in [5.74, 6) is 1.74. The Hall–Kier alpha value is -1.75. The first-order chi connectivity index (χ1) is 11.8. The Morgan fingerprint density at radius 3 is 2.60 bits per heavy atom. The van der Waals surface area contributed by atoms with Gasteiger partial charge in [0.1, 0.15) is 17.0 Å². The van der Waals surface area contributed by atoms with Gasteiger partial charge in [0.05, 0.1) is 11.6 Å². The number of aromatic hydroxyl groups is 1. The molecule has 1 aliphatic heterocycles. The minimum atomic E-state index is -0.650. The molecule has 4 aliphatic rings. The van der Waals surface area contributed by atoms with Crippen LogP contribution >= 0.6 is 0 Å². The van der Waals surface area contributed by atoms with Crippen LogP contribution in [0.15, 0.2) is 24.3 Å². The smallest absolute Gasteiger partial charge is 0.268 e. The number of rotatable bonds is 2. The number of phenolic OH excluding ortho intramolecular Hbond substituents is 1. The van der Waals surface area contributed by atoms with Crippen molar-refractivity contribution in [3.05, 3.63) is 24.3 Å². The molecular weight excluding hydrogens is 316 g/mol. The number of phenols is 1. The Balaban J connectivity index is 1.50. The predicted octanol–water partition coefficient (Wildman–Crippen LogP) is 2.67. The van der Waals surface area contributed by atoms with Gasteiger partial charge < -0.3 is 10.2 Å². The minimum absolute atomic E-state index is 0.117. The first-order valence-electron chi connectivity index (χ1n) is 9.47. The number of fused-ring (bicyclic) bond motifs is 1. The third-order valence-electron chi connectivity index (χ3n) is 7.33. The van der Waals surface area contributed by atoms with Crippen LogP contribution in [0.1, 0.15) is 46.0 Å². The van der Waals surface area contributed by atoms with Crippen molar-refractivity contribution in [3.63, 3.8) is 0 Å². The van der Waals surface area contributed by atoms with Crippen LogP contribution in [-0.4, -0.2) is 38.3 Å². The summed E-state index contributed by atoms with van der Waals surface area (Å²) in [6.07, 6.45) is 4.88. The molecule has 1 amide bonds. The van der Waals surface area contributed by atoms with Gasteiger partial charge in [0, 0.05) is 0 Å². The summed E-state index contributed by atoms with van der Waals surface area (Å²) in [7, 11) is 0. The second-order valence-corrected chi connectivity index (χ2v) is 9.03. The number of carbonyl (C=O) groups excluding carboxylic acids is 1. The van der Waals surface area contributed by atoms with Crippen molar-refractivity contribution in [3.8, 4) is 5.75 Å². The molecule has 5 nitrogen and oxygen atoms in total. The zero-order valence-electron chi connectivity index (χ0n) is 14.9. The molecule has 0 aromatic heterocycles. The van der Waals surface area contributed by atoms with Crippen molar-refractivity contribution < 1.29 is 15.0 Å². The first-order valence-corrected chi connectivity index (χ1v) is 9.47. The third-order valence-corrected chi connectivity index (χ3v) is 7.33. The fraction of sp³-hybridized carbons (Fsp3) is 0.650. The summed E-state index contributed by atoms with van der Waals surface area (Å²) in [4.78, 5) is 13.0. The van der Waals surface area contributed by atoms with E-state index in [0.717, 1.165) is 32.1 Å². The number of amides is 1. The van der Waals surface area contributed by atoms with Crippen LogP contribution in [0.5, 0.6) is 5.75 Å². The van der Waals surface area contributed by atoms with Crippen molar-refractivity contribution in [1.29, 1.82) is 0 Å². The summed E-state index contributed by atoms with van der Waals surface area (Å²) in [5, 5.41) is 25.0. The Kier molecular flexibility index (Phi) is 2.91. The van der Waals surface area contributed by atoms with Crippen LogP contribution in [0.4, 0.5) is 5.69 Å². The summed E-state index contributed by atoms with van der Waals surface area (Å²) in [5.41, 5.74) is -0.435. The molecule has 5 heteroatoms. The summed E-state index contributed by atoms with van der Waals surface area (Å²) in [6.45, 7) is 3.83. The number of hydrogen-bond acceptors (Lipinski definition) is 4. The second-order valence-electron chi connectivity index (χ2n) is 9.03. The van der Waals surface area contributed by atoms with Gasteiger partial charge in [-0.25, -0.2) is 5.01 Å². The number of carbonyl (C=O) groups is 1. The molecule has 2 N–H and O–H groups in total. The van der Waals surface area contributed by atoms with Gasteiger partial charge in [-0.05, 0) is 75.8 Å². The molecule has 3 saturated carbocycles. The molecule has 1 aromatic carbocycles. The Morgan fingerprint density at radius 2 is 1.84 bits per heavy atom. The number of para-hydroxylation sites is 2. The lowest BCUT2D eigenvalue weighted by Crippen LogP contribution is -2.78. The predicted molar refractivity (Wildman–Crippen MR) is 93.8 cm³/mol. The number of anilines is 1. The minimum Gasteiger partial charge on any atom is -0.506 e. The highest BCUT2D eigenvalue weighted by Gasteiger charge is 2.64. The van der Waals surface area contributed by atoms with E-state index in [-0.39, 0.29) is 17.7 Å². The number of benzene rings is 1. The second kappa shape index (κ2) is 4.70. The molecule has 5 rings (SSSR count). The monoisotopic (exact) mass is 342 g/mol. The molecule has 2 bridgehead atoms. The highest BCUT2D eigenvalue weighted by Crippen LogP contribution is 2.62. The van der Waals surface area contributed by atoms with Crippen molar-refractivity contribution in [1.82, 2.24) is 5.01 Å². The molecular formula is C20H26N2O3. The standard InChI is InChI=1S/C20H26N2O3/c1-19(2)18(24)21(22(19)16-5-3-4-6-17(16)23)15-8-7-12-10-20(25)11-13(15)9-14(12)20/h3-6,12-15,23,25H,7-11H2,1-2H3/t12?,13?,14?,15-,20+/m0/s1. The van der Waals surface area contributed by atoms with Gasteiger partial charge in [-0.3, -0.25) is 9.80 Å². The molecule has 134 valence electrons. The van der Waals surface area contributed by atoms with Crippen LogP contribution in [0.25, 0.3) is 0 Å². The molecule has 4 fully saturated rings. The van der Waals surface area contributed by atoms with Crippen LogP contribution in [0.3, 0.4) is 0 Å². The lowest BCUT2D eigenvalue weighted by atomic mass is 9.61. The van der Waals surface area contributed by atoms with Gasteiger partial charge in [-0.2, -0.15) is 0 Å². The van der Waals surface area contributed by atoms with E-state index in [4.69, 9.17) is 0 Å². The van der Waals surface area contributed by atoms with E-state index in [1.807, 2.05) is 36.0 Å². The van der Waals surface area contributed by atoms with Crippen LogP contribution in [-0.2, 0) is 4.79 Å². The molecule has 1 saturated heterocycles. The van der Waals surface area contributed by atoms with Crippen LogP contribution in [0.2, 0.25) is 0 Å². The topological polar surface area (TPSA) is 64.0 Å². The lowest BCUT2D eigenvalue weighted by molar-refractivity contribution is -0.160. The zero-order chi connectivity index (χ0) is 17.6. The third kappa shape index (κ3) is 1.85. The number of aliphatic hydroxyl groups is 1. The molecule has 3 aliphatic carbocycles. The van der Waals surface area contributed by atoms with Gasteiger partial charge in [0.15, 0.2) is 0 Å². The SMILES string of the molecule is CC1(C)C(=O)N([C@H]2CCC3C[C@@]4(O)CC2CC34)N1c1ccccc1O. The first kappa shape index (κ1) is 15.5. The maximum absolute atomic E-state index is 13.0. The fourth-order valence-corrected chi connectivity index (χ4v) is 6.12. The molecule has 3 unspecified atom stereocenters. The number of hydrogen-bond donors (Lipinski definition) is 2. The molecule has 1 aromatic rings. The highest BCUT2D eigenvalue weighted by atomic mass is 16.3. The largest absolute Gasteiger partial charge is 0.506 e. The van der Waals surface area contributed by atoms with Crippen LogP contribution in [0, 0.1) is 17.8 Å². The Bertz CT molecular complexity index is 748. The Labute approximate surface area is 148 Å². The summed E-state index contributed by atoms with van der Waals surface area (Å²) >= 11 is 0. The van der Waals surface area contributed by atoms with E-state index < -0.39 is 11.1 Å². The van der Waals surface area contributed by atoms with Gasteiger partial charge >= 0.3 is 0 Å². The number of hydrazine groups is 1. The molecule has 5 atom stereocenters. The van der Waals surface area contributed by atoms with Gasteiger partial charge in [-0.1, -0.05) is 12.1 Å². The van der Waals surface area contributed by atoms with E-state index in [2.05, 4.69) is 0 Å². The van der Waals surface area contributed by atoms with Crippen molar-refractivity contribution in [2.75, 3.05) is 5.01 Å². The van der Waals surface area contributed by atoms with Crippen molar-refractivity contribution >= 4 is 11.6 Å². The van der Waals surface area contributed by atoms with E-state index >= 15 is 0 Å². The maximum Gasteiger partial charge on any atom is 0.268 e. The average Bonchev–Trinajstić information content (AvgIpc) is 2.72. The van der Waals surface area contributed by atoms with Crippen molar-refractivity contribution in [2.45, 2.75) is 63.1 Å². The Morgan fingerprint density at radius 1 is 1.12 bits per heavy atom. The summed E-state index contributed by atoms with van der Waals surface area (Å²) in [6, 6.07) is 7.36.